The van der Waals surface area contributed by atoms with Gasteiger partial charge in [0, 0.05) is 0 Å². The number of hydrogen-bond donors (Lipinski definition) is 1. The van der Waals surface area contributed by atoms with E-state index < -0.39 is 0 Å². The Morgan fingerprint density at radius 3 is 2.25 bits per heavy atom. The monoisotopic (exact) mass is 182 g/mol. The van der Waals surface area contributed by atoms with E-state index in [0.29, 0.717) is 0 Å². The number of aliphatic hydroxyl groups is 1. The lowest BCUT2D eigenvalue weighted by molar-refractivity contribution is 0.192. The molecule has 66 valence electrons. The minimum atomic E-state index is -0.289. The van der Waals surface area contributed by atoms with Crippen molar-refractivity contribution in [2.24, 2.45) is 0 Å². The van der Waals surface area contributed by atoms with Gasteiger partial charge in [-0.2, -0.15) is 11.8 Å². The number of aliphatic hydroxyl groups excluding tert-OH is 1. The second-order valence-corrected chi connectivity index (χ2v) is 3.79. The zero-order chi connectivity index (χ0) is 8.97. The molecule has 0 heterocycles. The van der Waals surface area contributed by atoms with Crippen LogP contribution >= 0.6 is 11.8 Å². The highest BCUT2D eigenvalue weighted by Crippen LogP contribution is 2.29. The Hall–Kier alpha value is -0.470. The van der Waals surface area contributed by atoms with E-state index in [2.05, 4.69) is 0 Å². The van der Waals surface area contributed by atoms with Gasteiger partial charge in [0.15, 0.2) is 0 Å². The Balaban J connectivity index is 2.80. The van der Waals surface area contributed by atoms with Crippen LogP contribution in [0.25, 0.3) is 0 Å². The van der Waals surface area contributed by atoms with Gasteiger partial charge in [-0.1, -0.05) is 30.3 Å². The predicted molar refractivity (Wildman–Crippen MR) is 54.4 cm³/mol. The highest BCUT2D eigenvalue weighted by atomic mass is 32.2. The van der Waals surface area contributed by atoms with Crippen LogP contribution in [0.1, 0.15) is 17.7 Å². The molecule has 0 aliphatic heterocycles. The molecule has 1 nitrogen and oxygen atoms in total. The van der Waals surface area contributed by atoms with E-state index in [0.717, 1.165) is 0 Å². The quantitative estimate of drug-likeness (QED) is 0.775. The fraction of sp³-hybridized carbons (Fsp3) is 0.400. The van der Waals surface area contributed by atoms with Crippen molar-refractivity contribution in [1.82, 2.24) is 0 Å². The van der Waals surface area contributed by atoms with Crippen LogP contribution in [0.15, 0.2) is 30.3 Å². The average molecular weight is 182 g/mol. The van der Waals surface area contributed by atoms with Crippen molar-refractivity contribution < 1.29 is 5.11 Å². The van der Waals surface area contributed by atoms with E-state index in [9.17, 15) is 5.11 Å². The first-order chi connectivity index (χ1) is 5.75. The fourth-order valence-corrected chi connectivity index (χ4v) is 2.08. The van der Waals surface area contributed by atoms with Gasteiger partial charge in [0.25, 0.3) is 0 Å². The van der Waals surface area contributed by atoms with Gasteiger partial charge in [0.1, 0.15) is 0 Å². The molecule has 0 radical (unpaired) electrons. The molecule has 0 amide bonds. The summed E-state index contributed by atoms with van der Waals surface area (Å²) in [4.78, 5) is 0. The second kappa shape index (κ2) is 4.53. The summed E-state index contributed by atoms with van der Waals surface area (Å²) < 4.78 is 0. The summed E-state index contributed by atoms with van der Waals surface area (Å²) in [5.41, 5.74) is 1.19. The molecule has 0 unspecified atom stereocenters. The van der Waals surface area contributed by atoms with E-state index in [4.69, 9.17) is 0 Å². The summed E-state index contributed by atoms with van der Waals surface area (Å²) in [6.07, 6.45) is 1.73. The van der Waals surface area contributed by atoms with Crippen molar-refractivity contribution in [3.63, 3.8) is 0 Å². The molecule has 0 spiro atoms. The minimum Gasteiger partial charge on any atom is -0.392 e. The third kappa shape index (κ3) is 2.26. The van der Waals surface area contributed by atoms with Crippen LogP contribution in [0.4, 0.5) is 0 Å². The molecule has 1 aromatic rings. The summed E-state index contributed by atoms with van der Waals surface area (Å²) in [6, 6.07) is 10.1. The Morgan fingerprint density at radius 2 is 1.83 bits per heavy atom. The van der Waals surface area contributed by atoms with Crippen molar-refractivity contribution >= 4 is 11.8 Å². The molecule has 0 saturated heterocycles. The molecule has 1 aromatic carbocycles. The molecule has 0 saturated carbocycles. The van der Waals surface area contributed by atoms with E-state index in [1.165, 1.54) is 5.56 Å². The van der Waals surface area contributed by atoms with Crippen LogP contribution in [0.2, 0.25) is 0 Å². The Kier molecular flexibility index (Phi) is 3.63. The molecule has 0 aromatic heterocycles. The van der Waals surface area contributed by atoms with E-state index in [1.54, 1.807) is 11.8 Å². The molecule has 1 N–H and O–H groups in total. The lowest BCUT2D eigenvalue weighted by Gasteiger charge is -2.17. The van der Waals surface area contributed by atoms with Gasteiger partial charge in [0.2, 0.25) is 0 Å². The maximum Gasteiger partial charge on any atom is 0.0671 e. The maximum atomic E-state index is 9.44. The standard InChI is InChI=1S/C10H14OS/c1-8(11)10(12-2)9-6-4-3-5-7-9/h3-8,10-11H,1-2H3/t8-,10-/m1/s1. The van der Waals surface area contributed by atoms with Crippen molar-refractivity contribution in [3.05, 3.63) is 35.9 Å². The fourth-order valence-electron chi connectivity index (χ4n) is 1.25. The molecule has 1 rings (SSSR count). The maximum absolute atomic E-state index is 9.44. The van der Waals surface area contributed by atoms with Crippen LogP contribution in [-0.4, -0.2) is 17.5 Å². The lowest BCUT2D eigenvalue weighted by atomic mass is 10.1. The summed E-state index contributed by atoms with van der Waals surface area (Å²) in [6.45, 7) is 1.83. The molecular formula is C10H14OS. The molecule has 2 heteroatoms. The van der Waals surface area contributed by atoms with Crippen LogP contribution in [0, 0.1) is 0 Å². The number of hydrogen-bond acceptors (Lipinski definition) is 2. The first-order valence-corrected chi connectivity index (χ1v) is 5.30. The summed E-state index contributed by atoms with van der Waals surface area (Å²) in [7, 11) is 0. The van der Waals surface area contributed by atoms with Gasteiger partial charge >= 0.3 is 0 Å². The third-order valence-corrected chi connectivity index (χ3v) is 2.99. The highest BCUT2D eigenvalue weighted by molar-refractivity contribution is 7.98. The van der Waals surface area contributed by atoms with Crippen molar-refractivity contribution in [3.8, 4) is 0 Å². The molecule has 12 heavy (non-hydrogen) atoms. The molecule has 0 aliphatic carbocycles. The van der Waals surface area contributed by atoms with E-state index in [-0.39, 0.29) is 11.4 Å². The first-order valence-electron chi connectivity index (χ1n) is 4.01. The summed E-state index contributed by atoms with van der Waals surface area (Å²) in [5, 5.41) is 9.64. The smallest absolute Gasteiger partial charge is 0.0671 e. The normalized spacial score (nSPS) is 15.6. The highest BCUT2D eigenvalue weighted by Gasteiger charge is 2.14. The van der Waals surface area contributed by atoms with Gasteiger partial charge in [-0.15, -0.1) is 0 Å². The summed E-state index contributed by atoms with van der Waals surface area (Å²) >= 11 is 1.68. The third-order valence-electron chi connectivity index (χ3n) is 1.82. The van der Waals surface area contributed by atoms with Crippen molar-refractivity contribution in [2.45, 2.75) is 18.3 Å². The first kappa shape index (κ1) is 9.62. The van der Waals surface area contributed by atoms with Crippen LogP contribution in [0.3, 0.4) is 0 Å². The van der Waals surface area contributed by atoms with Crippen molar-refractivity contribution in [2.75, 3.05) is 6.26 Å². The largest absolute Gasteiger partial charge is 0.392 e. The molecule has 0 aliphatic rings. The zero-order valence-electron chi connectivity index (χ0n) is 7.40. The molecular weight excluding hydrogens is 168 g/mol. The van der Waals surface area contributed by atoms with Crippen molar-refractivity contribution in [1.29, 1.82) is 0 Å². The number of benzene rings is 1. The molecule has 0 bridgehead atoms. The SMILES string of the molecule is CS[C@@H](c1ccccc1)[C@@H](C)O. The average Bonchev–Trinajstić information content (AvgIpc) is 2.07. The second-order valence-electron chi connectivity index (χ2n) is 2.81. The predicted octanol–water partition coefficient (Wildman–Crippen LogP) is 2.47. The number of thioether (sulfide) groups is 1. The van der Waals surface area contributed by atoms with Crippen LogP contribution in [-0.2, 0) is 0 Å². The number of rotatable bonds is 3. The van der Waals surface area contributed by atoms with Gasteiger partial charge < -0.3 is 5.11 Å². The molecule has 2 atom stereocenters. The van der Waals surface area contributed by atoms with E-state index in [1.807, 2.05) is 43.5 Å². The van der Waals surface area contributed by atoms with E-state index >= 15 is 0 Å². The van der Waals surface area contributed by atoms with Gasteiger partial charge in [-0.3, -0.25) is 0 Å². The Labute approximate surface area is 77.8 Å². The topological polar surface area (TPSA) is 20.2 Å². The molecule has 0 fully saturated rings. The zero-order valence-corrected chi connectivity index (χ0v) is 8.21. The Morgan fingerprint density at radius 1 is 1.25 bits per heavy atom. The van der Waals surface area contributed by atoms with Crippen LogP contribution < -0.4 is 0 Å². The van der Waals surface area contributed by atoms with Gasteiger partial charge in [0.05, 0.1) is 11.4 Å². The van der Waals surface area contributed by atoms with Gasteiger partial charge in [-0.25, -0.2) is 0 Å². The van der Waals surface area contributed by atoms with Crippen LogP contribution in [0.5, 0.6) is 0 Å². The summed E-state index contributed by atoms with van der Waals surface area (Å²) in [5.74, 6) is 0. The minimum absolute atomic E-state index is 0.200. The van der Waals surface area contributed by atoms with Gasteiger partial charge in [-0.05, 0) is 18.7 Å². The lowest BCUT2D eigenvalue weighted by Crippen LogP contribution is -2.10. The Bertz CT molecular complexity index is 221.